The highest BCUT2D eigenvalue weighted by Gasteiger charge is 2.17. The van der Waals surface area contributed by atoms with E-state index in [9.17, 15) is 8.42 Å². The maximum absolute atomic E-state index is 12.6. The summed E-state index contributed by atoms with van der Waals surface area (Å²) < 4.78 is 27.8. The van der Waals surface area contributed by atoms with E-state index < -0.39 is 10.0 Å². The molecular weight excluding hydrogens is 341 g/mol. The molecule has 3 aromatic rings. The van der Waals surface area contributed by atoms with Gasteiger partial charge in [0.2, 0.25) is 0 Å². The molecule has 0 bridgehead atoms. The summed E-state index contributed by atoms with van der Waals surface area (Å²) in [6, 6.07) is 17.1. The van der Waals surface area contributed by atoms with Gasteiger partial charge in [0.1, 0.15) is 0 Å². The van der Waals surface area contributed by atoms with Gasteiger partial charge in [-0.3, -0.25) is 4.72 Å². The van der Waals surface area contributed by atoms with E-state index in [4.69, 9.17) is 23.2 Å². The topological polar surface area (TPSA) is 46.2 Å². The Morgan fingerprint density at radius 1 is 0.818 bits per heavy atom. The van der Waals surface area contributed by atoms with Gasteiger partial charge in [-0.05, 0) is 29.7 Å². The minimum atomic E-state index is -3.72. The fourth-order valence-electron chi connectivity index (χ4n) is 2.20. The van der Waals surface area contributed by atoms with Crippen molar-refractivity contribution >= 4 is 49.7 Å². The summed E-state index contributed by atoms with van der Waals surface area (Å²) in [7, 11) is -3.72. The lowest BCUT2D eigenvalue weighted by Crippen LogP contribution is -2.13. The average Bonchev–Trinajstić information content (AvgIpc) is 2.50. The summed E-state index contributed by atoms with van der Waals surface area (Å²) in [5.41, 5.74) is 0.363. The molecular formula is C16H11Cl2NO2S. The van der Waals surface area contributed by atoms with Gasteiger partial charge in [0.25, 0.3) is 10.0 Å². The number of hydrogen-bond donors (Lipinski definition) is 1. The highest BCUT2D eigenvalue weighted by Crippen LogP contribution is 2.28. The first-order valence-electron chi connectivity index (χ1n) is 6.43. The monoisotopic (exact) mass is 351 g/mol. The molecule has 0 saturated heterocycles. The summed E-state index contributed by atoms with van der Waals surface area (Å²) in [6.07, 6.45) is 0. The quantitative estimate of drug-likeness (QED) is 0.725. The molecule has 0 heterocycles. The smallest absolute Gasteiger partial charge is 0.262 e. The first-order chi connectivity index (χ1) is 10.5. The van der Waals surface area contributed by atoms with Gasteiger partial charge in [-0.15, -0.1) is 0 Å². The van der Waals surface area contributed by atoms with Crippen LogP contribution in [0.3, 0.4) is 0 Å². The van der Waals surface area contributed by atoms with Crippen molar-refractivity contribution in [3.8, 4) is 0 Å². The van der Waals surface area contributed by atoms with Crippen molar-refractivity contribution in [3.05, 3.63) is 70.7 Å². The molecule has 6 heteroatoms. The van der Waals surface area contributed by atoms with Crippen LogP contribution in [0.25, 0.3) is 10.8 Å². The molecule has 0 spiro atoms. The molecule has 0 amide bonds. The third-order valence-electron chi connectivity index (χ3n) is 3.21. The molecule has 0 aromatic heterocycles. The van der Waals surface area contributed by atoms with Crippen LogP contribution in [0.4, 0.5) is 5.69 Å². The molecule has 0 aliphatic rings. The second kappa shape index (κ2) is 5.80. The van der Waals surface area contributed by atoms with Gasteiger partial charge in [0.15, 0.2) is 0 Å². The Hall–Kier alpha value is -1.75. The van der Waals surface area contributed by atoms with E-state index in [-0.39, 0.29) is 4.90 Å². The maximum atomic E-state index is 12.6. The van der Waals surface area contributed by atoms with E-state index in [0.29, 0.717) is 21.1 Å². The fraction of sp³-hybridized carbons (Fsp3) is 0. The third-order valence-corrected chi connectivity index (χ3v) is 5.39. The average molecular weight is 352 g/mol. The lowest BCUT2D eigenvalue weighted by molar-refractivity contribution is 0.602. The molecule has 0 atom stereocenters. The van der Waals surface area contributed by atoms with Crippen LogP contribution >= 0.6 is 23.2 Å². The van der Waals surface area contributed by atoms with E-state index in [2.05, 4.69) is 4.72 Å². The number of fused-ring (bicyclic) bond motifs is 1. The molecule has 0 unspecified atom stereocenters. The van der Waals surface area contributed by atoms with Crippen LogP contribution in [0.5, 0.6) is 0 Å². The van der Waals surface area contributed by atoms with Gasteiger partial charge in [-0.2, -0.15) is 0 Å². The van der Waals surface area contributed by atoms with Crippen molar-refractivity contribution in [2.45, 2.75) is 4.90 Å². The molecule has 0 saturated carbocycles. The number of anilines is 1. The summed E-state index contributed by atoms with van der Waals surface area (Å²) in [6.45, 7) is 0. The lowest BCUT2D eigenvalue weighted by atomic mass is 10.1. The van der Waals surface area contributed by atoms with Gasteiger partial charge in [0, 0.05) is 5.39 Å². The standard InChI is InChI=1S/C16H11Cl2NO2S/c17-14-9-8-12(10-15(14)18)19-22(20,21)16-7-3-5-11-4-1-2-6-13(11)16/h1-10,19H. The van der Waals surface area contributed by atoms with Crippen molar-refractivity contribution in [1.29, 1.82) is 0 Å². The number of benzene rings is 3. The first-order valence-corrected chi connectivity index (χ1v) is 8.67. The number of halogens is 2. The molecule has 0 aliphatic heterocycles. The second-order valence-electron chi connectivity index (χ2n) is 4.71. The minimum absolute atomic E-state index is 0.219. The number of sulfonamides is 1. The Labute approximate surface area is 138 Å². The molecule has 1 N–H and O–H groups in total. The predicted octanol–water partition coefficient (Wildman–Crippen LogP) is 4.95. The summed E-state index contributed by atoms with van der Waals surface area (Å²) in [5, 5.41) is 2.19. The van der Waals surface area contributed by atoms with Gasteiger partial charge < -0.3 is 0 Å². The van der Waals surface area contributed by atoms with Gasteiger partial charge in [0.05, 0.1) is 20.6 Å². The second-order valence-corrected chi connectivity index (χ2v) is 7.18. The maximum Gasteiger partial charge on any atom is 0.262 e. The Kier molecular flexibility index (Phi) is 4.00. The summed E-state index contributed by atoms with van der Waals surface area (Å²) in [5.74, 6) is 0. The van der Waals surface area contributed by atoms with Crippen LogP contribution in [-0.2, 0) is 10.0 Å². The summed E-state index contributed by atoms with van der Waals surface area (Å²) in [4.78, 5) is 0.219. The molecule has 3 rings (SSSR count). The van der Waals surface area contributed by atoms with Crippen molar-refractivity contribution in [1.82, 2.24) is 0 Å². The normalized spacial score (nSPS) is 11.5. The van der Waals surface area contributed by atoms with Gasteiger partial charge >= 0.3 is 0 Å². The minimum Gasteiger partial charge on any atom is -0.280 e. The molecule has 0 radical (unpaired) electrons. The highest BCUT2D eigenvalue weighted by molar-refractivity contribution is 7.93. The van der Waals surface area contributed by atoms with Crippen LogP contribution in [0.2, 0.25) is 10.0 Å². The Morgan fingerprint density at radius 2 is 1.55 bits per heavy atom. The van der Waals surface area contributed by atoms with Crippen LogP contribution < -0.4 is 4.72 Å². The molecule has 112 valence electrons. The van der Waals surface area contributed by atoms with Gasteiger partial charge in [-0.25, -0.2) is 8.42 Å². The zero-order valence-corrected chi connectivity index (χ0v) is 13.6. The number of hydrogen-bond acceptors (Lipinski definition) is 2. The van der Waals surface area contributed by atoms with E-state index in [1.54, 1.807) is 36.4 Å². The largest absolute Gasteiger partial charge is 0.280 e. The third kappa shape index (κ3) is 2.90. The fourth-order valence-corrected chi connectivity index (χ4v) is 3.78. The Balaban J connectivity index is 2.07. The zero-order valence-electron chi connectivity index (χ0n) is 11.3. The molecule has 3 nitrogen and oxygen atoms in total. The van der Waals surface area contributed by atoms with Crippen molar-refractivity contribution in [3.63, 3.8) is 0 Å². The van der Waals surface area contributed by atoms with Crippen molar-refractivity contribution in [2.24, 2.45) is 0 Å². The van der Waals surface area contributed by atoms with E-state index in [1.807, 2.05) is 18.2 Å². The van der Waals surface area contributed by atoms with E-state index >= 15 is 0 Å². The van der Waals surface area contributed by atoms with Crippen LogP contribution in [0.15, 0.2) is 65.6 Å². The van der Waals surface area contributed by atoms with Crippen molar-refractivity contribution < 1.29 is 8.42 Å². The Morgan fingerprint density at radius 3 is 2.32 bits per heavy atom. The van der Waals surface area contributed by atoms with Crippen LogP contribution in [-0.4, -0.2) is 8.42 Å². The SMILES string of the molecule is O=S(=O)(Nc1ccc(Cl)c(Cl)c1)c1cccc2ccccc12. The highest BCUT2D eigenvalue weighted by atomic mass is 35.5. The zero-order chi connectivity index (χ0) is 15.7. The molecule has 3 aromatic carbocycles. The first kappa shape index (κ1) is 15.2. The van der Waals surface area contributed by atoms with E-state index in [0.717, 1.165) is 5.39 Å². The number of rotatable bonds is 3. The molecule has 22 heavy (non-hydrogen) atoms. The van der Waals surface area contributed by atoms with Crippen molar-refractivity contribution in [2.75, 3.05) is 4.72 Å². The van der Waals surface area contributed by atoms with Crippen LogP contribution in [0.1, 0.15) is 0 Å². The predicted molar refractivity (Wildman–Crippen MR) is 91.2 cm³/mol. The Bertz CT molecular complexity index is 950. The van der Waals surface area contributed by atoms with E-state index in [1.165, 1.54) is 6.07 Å². The number of nitrogens with one attached hydrogen (secondary N) is 1. The van der Waals surface area contributed by atoms with Crippen LogP contribution in [0, 0.1) is 0 Å². The lowest BCUT2D eigenvalue weighted by Gasteiger charge is -2.11. The molecule has 0 fully saturated rings. The molecule has 0 aliphatic carbocycles. The van der Waals surface area contributed by atoms with Gasteiger partial charge in [-0.1, -0.05) is 59.6 Å². The summed E-state index contributed by atoms with van der Waals surface area (Å²) >= 11 is 11.8.